The van der Waals surface area contributed by atoms with E-state index in [1.54, 1.807) is 18.2 Å². The number of hydrogen-bond donors (Lipinski definition) is 1. The first kappa shape index (κ1) is 15.0. The summed E-state index contributed by atoms with van der Waals surface area (Å²) in [5, 5.41) is 0. The highest BCUT2D eigenvalue weighted by molar-refractivity contribution is 9.09. The predicted molar refractivity (Wildman–Crippen MR) is 81.0 cm³/mol. The second kappa shape index (κ2) is 6.37. The van der Waals surface area contributed by atoms with Crippen molar-refractivity contribution in [1.29, 1.82) is 0 Å². The summed E-state index contributed by atoms with van der Waals surface area (Å²) in [6.45, 7) is 2.44. The molecule has 2 rings (SSSR count). The monoisotopic (exact) mass is 345 g/mol. The van der Waals surface area contributed by atoms with Crippen LogP contribution in [-0.4, -0.2) is 19.8 Å². The minimum Gasteiger partial charge on any atom is -0.211 e. The molecule has 1 saturated carbocycles. The zero-order valence-electron chi connectivity index (χ0n) is 11.1. The first-order valence-electron chi connectivity index (χ1n) is 6.68. The summed E-state index contributed by atoms with van der Waals surface area (Å²) in [5.41, 5.74) is 0.959. The molecule has 5 heteroatoms. The van der Waals surface area contributed by atoms with Gasteiger partial charge in [0, 0.05) is 11.4 Å². The number of benzene rings is 1. The van der Waals surface area contributed by atoms with Crippen LogP contribution in [0.3, 0.4) is 0 Å². The maximum atomic E-state index is 12.2. The summed E-state index contributed by atoms with van der Waals surface area (Å²) < 4.78 is 27.1. The molecule has 1 fully saturated rings. The molecular formula is C14H20BrNO2S. The lowest BCUT2D eigenvalue weighted by molar-refractivity contribution is 0.368. The van der Waals surface area contributed by atoms with Crippen molar-refractivity contribution in [3.63, 3.8) is 0 Å². The molecule has 0 aromatic heterocycles. The van der Waals surface area contributed by atoms with Crippen LogP contribution in [0.1, 0.15) is 31.2 Å². The SMILES string of the molecule is Cc1cccc(S(=O)(=O)NCC2CCCC(Br)C2)c1. The third-order valence-electron chi connectivity index (χ3n) is 3.58. The number of nitrogens with one attached hydrogen (secondary N) is 1. The molecule has 2 unspecified atom stereocenters. The van der Waals surface area contributed by atoms with Crippen LogP contribution >= 0.6 is 15.9 Å². The summed E-state index contributed by atoms with van der Waals surface area (Å²) in [5.74, 6) is 0.442. The number of hydrogen-bond acceptors (Lipinski definition) is 2. The number of alkyl halides is 1. The second-order valence-corrected chi connectivity index (χ2v) is 8.36. The fourth-order valence-electron chi connectivity index (χ4n) is 2.50. The standard InChI is InChI=1S/C14H20BrNO2S/c1-11-4-2-7-14(8-11)19(17,18)16-10-12-5-3-6-13(15)9-12/h2,4,7-8,12-13,16H,3,5-6,9-10H2,1H3. The van der Waals surface area contributed by atoms with E-state index in [1.807, 2.05) is 13.0 Å². The van der Waals surface area contributed by atoms with Gasteiger partial charge in [0.1, 0.15) is 0 Å². The van der Waals surface area contributed by atoms with Gasteiger partial charge in [0.25, 0.3) is 0 Å². The summed E-state index contributed by atoms with van der Waals surface area (Å²) in [7, 11) is -3.36. The van der Waals surface area contributed by atoms with Gasteiger partial charge in [0.15, 0.2) is 0 Å². The van der Waals surface area contributed by atoms with Crippen molar-refractivity contribution in [1.82, 2.24) is 4.72 Å². The van der Waals surface area contributed by atoms with Crippen LogP contribution in [0.15, 0.2) is 29.2 Å². The molecular weight excluding hydrogens is 326 g/mol. The Labute approximate surface area is 124 Å². The lowest BCUT2D eigenvalue weighted by Crippen LogP contribution is -2.32. The number of halogens is 1. The van der Waals surface area contributed by atoms with E-state index in [0.29, 0.717) is 22.2 Å². The van der Waals surface area contributed by atoms with Gasteiger partial charge in [-0.3, -0.25) is 0 Å². The predicted octanol–water partition coefficient (Wildman–Crippen LogP) is 3.23. The van der Waals surface area contributed by atoms with Gasteiger partial charge in [-0.2, -0.15) is 0 Å². The smallest absolute Gasteiger partial charge is 0.211 e. The molecule has 1 aromatic rings. The van der Waals surface area contributed by atoms with Crippen molar-refractivity contribution in [2.45, 2.75) is 42.3 Å². The lowest BCUT2D eigenvalue weighted by Gasteiger charge is -2.25. The third kappa shape index (κ3) is 4.29. The van der Waals surface area contributed by atoms with E-state index in [2.05, 4.69) is 20.7 Å². The van der Waals surface area contributed by atoms with E-state index in [9.17, 15) is 8.42 Å². The van der Waals surface area contributed by atoms with Gasteiger partial charge >= 0.3 is 0 Å². The lowest BCUT2D eigenvalue weighted by atomic mass is 9.89. The van der Waals surface area contributed by atoms with Crippen LogP contribution < -0.4 is 4.72 Å². The van der Waals surface area contributed by atoms with Crippen LogP contribution in [0, 0.1) is 12.8 Å². The van der Waals surface area contributed by atoms with Gasteiger partial charge in [-0.05, 0) is 49.8 Å². The molecule has 0 radical (unpaired) electrons. The summed E-state index contributed by atoms with van der Waals surface area (Å²) in [6.07, 6.45) is 4.53. The highest BCUT2D eigenvalue weighted by Crippen LogP contribution is 2.28. The second-order valence-electron chi connectivity index (χ2n) is 5.30. The molecule has 1 aromatic carbocycles. The first-order valence-corrected chi connectivity index (χ1v) is 9.07. The minimum atomic E-state index is -3.36. The van der Waals surface area contributed by atoms with Crippen LogP contribution in [0.25, 0.3) is 0 Å². The molecule has 1 N–H and O–H groups in total. The van der Waals surface area contributed by atoms with E-state index >= 15 is 0 Å². The van der Waals surface area contributed by atoms with Crippen molar-refractivity contribution in [3.8, 4) is 0 Å². The fourth-order valence-corrected chi connectivity index (χ4v) is 4.58. The maximum absolute atomic E-state index is 12.2. The molecule has 0 heterocycles. The van der Waals surface area contributed by atoms with Gasteiger partial charge in [-0.15, -0.1) is 0 Å². The Bertz CT molecular complexity index is 530. The van der Waals surface area contributed by atoms with Crippen LogP contribution in [0.5, 0.6) is 0 Å². The third-order valence-corrected chi connectivity index (χ3v) is 5.83. The Morgan fingerprint density at radius 1 is 1.37 bits per heavy atom. The average Bonchev–Trinajstić information content (AvgIpc) is 2.37. The quantitative estimate of drug-likeness (QED) is 0.851. The Kier molecular flexibility index (Phi) is 5.03. The molecule has 0 amide bonds. The van der Waals surface area contributed by atoms with Crippen LogP contribution in [0.4, 0.5) is 0 Å². The molecule has 19 heavy (non-hydrogen) atoms. The molecule has 0 saturated heterocycles. The van der Waals surface area contributed by atoms with E-state index in [4.69, 9.17) is 0 Å². The van der Waals surface area contributed by atoms with E-state index in [1.165, 1.54) is 12.8 Å². The van der Waals surface area contributed by atoms with Gasteiger partial charge in [-0.1, -0.05) is 34.5 Å². The Morgan fingerprint density at radius 2 is 2.16 bits per heavy atom. The largest absolute Gasteiger partial charge is 0.240 e. The molecule has 0 spiro atoms. The van der Waals surface area contributed by atoms with Crippen molar-refractivity contribution in [3.05, 3.63) is 29.8 Å². The van der Waals surface area contributed by atoms with E-state index < -0.39 is 10.0 Å². The van der Waals surface area contributed by atoms with Crippen molar-refractivity contribution in [2.75, 3.05) is 6.54 Å². The molecule has 0 bridgehead atoms. The Morgan fingerprint density at radius 3 is 2.84 bits per heavy atom. The van der Waals surface area contributed by atoms with Crippen LogP contribution in [-0.2, 0) is 10.0 Å². The number of aryl methyl sites for hydroxylation is 1. The normalized spacial score (nSPS) is 24.3. The van der Waals surface area contributed by atoms with E-state index in [-0.39, 0.29) is 0 Å². The Balaban J connectivity index is 1.98. The molecule has 0 aliphatic heterocycles. The maximum Gasteiger partial charge on any atom is 0.240 e. The summed E-state index contributed by atoms with van der Waals surface area (Å²) >= 11 is 3.63. The molecule has 106 valence electrons. The van der Waals surface area contributed by atoms with Gasteiger partial charge in [0.05, 0.1) is 4.90 Å². The topological polar surface area (TPSA) is 46.2 Å². The van der Waals surface area contributed by atoms with E-state index in [0.717, 1.165) is 18.4 Å². The highest BCUT2D eigenvalue weighted by Gasteiger charge is 2.22. The van der Waals surface area contributed by atoms with Crippen molar-refractivity contribution in [2.24, 2.45) is 5.92 Å². The van der Waals surface area contributed by atoms with Crippen molar-refractivity contribution >= 4 is 26.0 Å². The molecule has 2 atom stereocenters. The molecule has 3 nitrogen and oxygen atoms in total. The van der Waals surface area contributed by atoms with Crippen LogP contribution in [0.2, 0.25) is 0 Å². The van der Waals surface area contributed by atoms with Crippen molar-refractivity contribution < 1.29 is 8.42 Å². The van der Waals surface area contributed by atoms with Gasteiger partial charge in [0.2, 0.25) is 10.0 Å². The molecule has 1 aliphatic carbocycles. The zero-order valence-corrected chi connectivity index (χ0v) is 13.5. The highest BCUT2D eigenvalue weighted by atomic mass is 79.9. The zero-order chi connectivity index (χ0) is 13.9. The molecule has 1 aliphatic rings. The van der Waals surface area contributed by atoms with Gasteiger partial charge < -0.3 is 0 Å². The number of sulfonamides is 1. The minimum absolute atomic E-state index is 0.360. The summed E-state index contributed by atoms with van der Waals surface area (Å²) in [4.78, 5) is 0.897. The summed E-state index contributed by atoms with van der Waals surface area (Å²) in [6, 6.07) is 7.02. The first-order chi connectivity index (χ1) is 8.97. The number of rotatable bonds is 4. The Hall–Kier alpha value is -0.390. The average molecular weight is 346 g/mol. The fraction of sp³-hybridized carbons (Fsp3) is 0.571. The van der Waals surface area contributed by atoms with Gasteiger partial charge in [-0.25, -0.2) is 13.1 Å².